The lowest BCUT2D eigenvalue weighted by atomic mass is 10.1. The molecule has 2 aromatic rings. The number of nitrogens with zero attached hydrogens (tertiary/aromatic N) is 1. The van der Waals surface area contributed by atoms with E-state index in [4.69, 9.17) is 9.52 Å². The summed E-state index contributed by atoms with van der Waals surface area (Å²) in [5, 5.41) is 17.2. The van der Waals surface area contributed by atoms with Crippen LogP contribution in [0.2, 0.25) is 0 Å². The summed E-state index contributed by atoms with van der Waals surface area (Å²) >= 11 is 0. The molecule has 0 radical (unpaired) electrons. The summed E-state index contributed by atoms with van der Waals surface area (Å²) in [6.07, 6.45) is 6.79. The van der Waals surface area contributed by atoms with Crippen LogP contribution in [0.1, 0.15) is 17.9 Å². The zero-order valence-corrected chi connectivity index (χ0v) is 13.0. The SMILES string of the molecule is O=C([O-])/C=C/C(=O)O.c1coc(CCC2=[NH+]CCn3cccc32)c1. The molecule has 2 N–H and O–H groups in total. The maximum absolute atomic E-state index is 9.53. The fourth-order valence-corrected chi connectivity index (χ4v) is 2.36. The summed E-state index contributed by atoms with van der Waals surface area (Å²) in [5.41, 5.74) is 2.64. The number of carboxylic acid groups (broad SMARTS) is 2. The summed E-state index contributed by atoms with van der Waals surface area (Å²) < 4.78 is 7.65. The molecule has 1 aliphatic heterocycles. The van der Waals surface area contributed by atoms with Gasteiger partial charge in [-0.05, 0) is 30.3 Å². The van der Waals surface area contributed by atoms with Crippen LogP contribution in [0.25, 0.3) is 0 Å². The molecule has 0 saturated heterocycles. The quantitative estimate of drug-likeness (QED) is 0.682. The van der Waals surface area contributed by atoms with Gasteiger partial charge in [0, 0.05) is 25.1 Å². The van der Waals surface area contributed by atoms with E-state index in [0.29, 0.717) is 12.2 Å². The summed E-state index contributed by atoms with van der Waals surface area (Å²) in [5.74, 6) is -1.75. The van der Waals surface area contributed by atoms with Gasteiger partial charge < -0.3 is 24.0 Å². The number of carboxylic acids is 2. The van der Waals surface area contributed by atoms with E-state index >= 15 is 0 Å². The number of hydrogen-bond acceptors (Lipinski definition) is 4. The first-order chi connectivity index (χ1) is 11.6. The molecule has 2 aromatic heterocycles. The van der Waals surface area contributed by atoms with E-state index in [1.165, 1.54) is 11.4 Å². The Balaban J connectivity index is 0.000000224. The highest BCUT2D eigenvalue weighted by atomic mass is 16.4. The molecule has 1 aliphatic rings. The Morgan fingerprint density at radius 3 is 2.75 bits per heavy atom. The third kappa shape index (κ3) is 5.28. The number of nitrogens with one attached hydrogen (secondary N) is 1. The van der Waals surface area contributed by atoms with Crippen molar-refractivity contribution in [2.45, 2.75) is 19.4 Å². The lowest BCUT2D eigenvalue weighted by Crippen LogP contribution is -2.76. The topological polar surface area (TPSA) is 109 Å². The first-order valence-electron chi connectivity index (χ1n) is 7.46. The molecular weight excluding hydrogens is 312 g/mol. The first kappa shape index (κ1) is 17.3. The number of rotatable bonds is 5. The number of hydrogen-bond donors (Lipinski definition) is 2. The number of aryl methyl sites for hydroxylation is 1. The lowest BCUT2D eigenvalue weighted by molar-refractivity contribution is -0.463. The summed E-state index contributed by atoms with van der Waals surface area (Å²) in [6, 6.07) is 8.25. The van der Waals surface area contributed by atoms with E-state index in [1.54, 1.807) is 6.26 Å². The van der Waals surface area contributed by atoms with E-state index in [9.17, 15) is 14.7 Å². The Morgan fingerprint density at radius 2 is 2.12 bits per heavy atom. The van der Waals surface area contributed by atoms with Gasteiger partial charge in [0.15, 0.2) is 12.3 Å². The second-order valence-electron chi connectivity index (χ2n) is 5.06. The number of carbonyl (C=O) groups is 2. The van der Waals surface area contributed by atoms with Gasteiger partial charge in [-0.25, -0.2) is 9.79 Å². The van der Waals surface area contributed by atoms with Crippen LogP contribution in [-0.4, -0.2) is 33.9 Å². The average Bonchev–Trinajstić information content (AvgIpc) is 3.22. The van der Waals surface area contributed by atoms with Gasteiger partial charge in [0.1, 0.15) is 11.5 Å². The molecule has 24 heavy (non-hydrogen) atoms. The molecule has 0 unspecified atom stereocenters. The van der Waals surface area contributed by atoms with Gasteiger partial charge in [0.2, 0.25) is 0 Å². The molecule has 7 heteroatoms. The van der Waals surface area contributed by atoms with Gasteiger partial charge in [-0.15, -0.1) is 0 Å². The highest BCUT2D eigenvalue weighted by molar-refractivity contribution is 5.95. The third-order valence-electron chi connectivity index (χ3n) is 3.39. The highest BCUT2D eigenvalue weighted by Crippen LogP contribution is 2.09. The Hall–Kier alpha value is -3.09. The summed E-state index contributed by atoms with van der Waals surface area (Å²) in [4.78, 5) is 22.4. The highest BCUT2D eigenvalue weighted by Gasteiger charge is 2.18. The zero-order chi connectivity index (χ0) is 17.4. The Kier molecular flexibility index (Phi) is 6.13. The van der Waals surface area contributed by atoms with Gasteiger partial charge >= 0.3 is 5.97 Å². The van der Waals surface area contributed by atoms with Gasteiger partial charge in [-0.1, -0.05) is 0 Å². The third-order valence-corrected chi connectivity index (χ3v) is 3.39. The summed E-state index contributed by atoms with van der Waals surface area (Å²) in [7, 11) is 0. The number of aliphatic carboxylic acids is 2. The second-order valence-corrected chi connectivity index (χ2v) is 5.06. The van der Waals surface area contributed by atoms with Gasteiger partial charge in [0.25, 0.3) is 0 Å². The van der Waals surface area contributed by atoms with Crippen LogP contribution in [0, 0.1) is 0 Å². The molecule has 0 aliphatic carbocycles. The minimum Gasteiger partial charge on any atom is -0.545 e. The van der Waals surface area contributed by atoms with E-state index in [2.05, 4.69) is 27.9 Å². The Labute approximate surface area is 138 Å². The van der Waals surface area contributed by atoms with Gasteiger partial charge in [0.05, 0.1) is 18.8 Å². The van der Waals surface area contributed by atoms with Crippen LogP contribution in [0.4, 0.5) is 0 Å². The van der Waals surface area contributed by atoms with Crippen molar-refractivity contribution in [3.63, 3.8) is 0 Å². The Bertz CT molecular complexity index is 725. The van der Waals surface area contributed by atoms with Crippen LogP contribution < -0.4 is 10.1 Å². The van der Waals surface area contributed by atoms with Gasteiger partial charge in [-0.3, -0.25) is 0 Å². The van der Waals surface area contributed by atoms with Crippen molar-refractivity contribution in [1.29, 1.82) is 0 Å². The predicted octanol–water partition coefficient (Wildman–Crippen LogP) is -1.03. The normalized spacial score (nSPS) is 12.9. The molecular formula is C17H18N2O5. The smallest absolute Gasteiger partial charge is 0.328 e. The van der Waals surface area contributed by atoms with Crippen LogP contribution in [0.3, 0.4) is 0 Å². The van der Waals surface area contributed by atoms with Crippen molar-refractivity contribution in [2.75, 3.05) is 6.54 Å². The Morgan fingerprint density at radius 1 is 1.29 bits per heavy atom. The maximum Gasteiger partial charge on any atom is 0.328 e. The largest absolute Gasteiger partial charge is 0.545 e. The first-order valence-corrected chi connectivity index (χ1v) is 7.46. The molecule has 0 fully saturated rings. The number of carbonyl (C=O) groups excluding carboxylic acids is 1. The van der Waals surface area contributed by atoms with E-state index in [1.807, 2.05) is 12.1 Å². The molecule has 0 amide bonds. The number of fused-ring (bicyclic) bond motifs is 1. The van der Waals surface area contributed by atoms with E-state index < -0.39 is 11.9 Å². The number of aromatic nitrogens is 1. The molecule has 3 rings (SSSR count). The summed E-state index contributed by atoms with van der Waals surface area (Å²) in [6.45, 7) is 2.09. The van der Waals surface area contributed by atoms with E-state index in [-0.39, 0.29) is 0 Å². The fourth-order valence-electron chi connectivity index (χ4n) is 2.36. The van der Waals surface area contributed by atoms with Crippen LogP contribution >= 0.6 is 0 Å². The van der Waals surface area contributed by atoms with Crippen LogP contribution in [-0.2, 0) is 22.6 Å². The molecule has 0 spiro atoms. The molecule has 0 aromatic carbocycles. The average molecular weight is 330 g/mol. The van der Waals surface area contributed by atoms with Crippen LogP contribution in [0.5, 0.6) is 0 Å². The van der Waals surface area contributed by atoms with Crippen molar-refractivity contribution < 1.29 is 29.2 Å². The van der Waals surface area contributed by atoms with Crippen molar-refractivity contribution >= 4 is 17.7 Å². The van der Waals surface area contributed by atoms with Crippen molar-refractivity contribution in [1.82, 2.24) is 4.57 Å². The van der Waals surface area contributed by atoms with Crippen molar-refractivity contribution in [2.24, 2.45) is 0 Å². The maximum atomic E-state index is 9.53. The zero-order valence-electron chi connectivity index (χ0n) is 13.0. The molecule has 0 atom stereocenters. The van der Waals surface area contributed by atoms with Crippen LogP contribution in [0.15, 0.2) is 53.3 Å². The van der Waals surface area contributed by atoms with Crippen molar-refractivity contribution in [3.8, 4) is 0 Å². The fraction of sp³-hybridized carbons (Fsp3) is 0.235. The lowest BCUT2D eigenvalue weighted by Gasteiger charge is -2.10. The van der Waals surface area contributed by atoms with Crippen molar-refractivity contribution in [3.05, 3.63) is 60.3 Å². The minimum absolute atomic E-state index is 0.447. The molecule has 0 saturated carbocycles. The monoisotopic (exact) mass is 330 g/mol. The predicted molar refractivity (Wildman–Crippen MR) is 83.2 cm³/mol. The molecule has 126 valence electrons. The molecule has 7 nitrogen and oxygen atoms in total. The second kappa shape index (κ2) is 8.52. The minimum atomic E-state index is -1.51. The molecule has 3 heterocycles. The number of furan rings is 1. The standard InChI is InChI=1S/C13H14N2O.C4H4O4/c1-4-13-12(14-7-9-15(13)8-1)6-5-11-3-2-10-16-11;5-3(6)1-2-4(7)8/h1-4,8,10H,5-7,9H2;1-2H,(H,5,6)(H,7,8)/b;2-1+. The van der Waals surface area contributed by atoms with Gasteiger partial charge in [-0.2, -0.15) is 0 Å². The molecule has 0 bridgehead atoms. The van der Waals surface area contributed by atoms with E-state index in [0.717, 1.165) is 31.7 Å².